The molecule has 14 heteroatoms. The Morgan fingerprint density at radius 2 is 1.71 bits per heavy atom. The molecule has 1 atom stereocenters. The van der Waals surface area contributed by atoms with E-state index in [4.69, 9.17) is 11.6 Å². The second-order valence-electron chi connectivity index (χ2n) is 9.41. The predicted molar refractivity (Wildman–Crippen MR) is 133 cm³/mol. The Hall–Kier alpha value is -4.13. The monoisotopic (exact) mass is 601 g/mol. The highest BCUT2D eigenvalue weighted by Gasteiger charge is 2.38. The molecule has 0 saturated carbocycles. The van der Waals surface area contributed by atoms with E-state index in [2.05, 4.69) is 10.6 Å². The van der Waals surface area contributed by atoms with Gasteiger partial charge in [-0.2, -0.15) is 26.3 Å². The Morgan fingerprint density at radius 1 is 1.00 bits per heavy atom. The third-order valence-electron chi connectivity index (χ3n) is 6.63. The number of halogens is 9. The van der Waals surface area contributed by atoms with Gasteiger partial charge in [0.15, 0.2) is 0 Å². The first kappa shape index (κ1) is 28.4. The molecule has 1 aromatic heterocycles. The maximum atomic E-state index is 14.2. The summed E-state index contributed by atoms with van der Waals surface area (Å²) in [5.74, 6) is -4.11. The van der Waals surface area contributed by atoms with Crippen molar-refractivity contribution < 1.29 is 44.7 Å². The minimum Gasteiger partial charge on any atom is -0.353 e. The molecule has 1 unspecified atom stereocenters. The average Bonchev–Trinajstić information content (AvgIpc) is 3.35. The fourth-order valence-electron chi connectivity index (χ4n) is 4.93. The Kier molecular flexibility index (Phi) is 6.76. The van der Waals surface area contributed by atoms with Gasteiger partial charge >= 0.3 is 12.4 Å². The van der Waals surface area contributed by atoms with Crippen LogP contribution >= 0.6 is 11.6 Å². The van der Waals surface area contributed by atoms with Crippen molar-refractivity contribution in [3.05, 3.63) is 98.8 Å². The standard InChI is InChI=1S/C27H16ClF8N3O2/c1-39-10-17-15(20(39)9-26(31,32)33)8-19(37-24(40)11-4-12(27(34,35)36)6-14(30)5-11)22-21(17)25(41)38-23(22)16-7-13(29)2-3-18(16)28/h2-8,10,23H,9H2,1H3,(H,37,40)(H,38,41). The average molecular weight is 602 g/mol. The molecule has 3 aromatic carbocycles. The summed E-state index contributed by atoms with van der Waals surface area (Å²) in [7, 11) is 1.32. The molecule has 2 N–H and O–H groups in total. The van der Waals surface area contributed by atoms with Crippen LogP contribution in [0.25, 0.3) is 10.8 Å². The number of rotatable bonds is 4. The highest BCUT2D eigenvalue weighted by atomic mass is 35.5. The zero-order valence-corrected chi connectivity index (χ0v) is 21.3. The van der Waals surface area contributed by atoms with E-state index < -0.39 is 59.4 Å². The first-order valence-electron chi connectivity index (χ1n) is 11.7. The highest BCUT2D eigenvalue weighted by Crippen LogP contribution is 2.44. The number of fused-ring (bicyclic) bond motifs is 3. The zero-order valence-electron chi connectivity index (χ0n) is 20.6. The molecule has 0 radical (unpaired) electrons. The van der Waals surface area contributed by atoms with Gasteiger partial charge in [0.2, 0.25) is 0 Å². The lowest BCUT2D eigenvalue weighted by Gasteiger charge is -2.19. The molecule has 0 spiro atoms. The third-order valence-corrected chi connectivity index (χ3v) is 6.97. The molecule has 1 aliphatic rings. The summed E-state index contributed by atoms with van der Waals surface area (Å²) in [5, 5.41) is 4.91. The number of aryl methyl sites for hydroxylation is 1. The molecule has 1 aliphatic heterocycles. The third kappa shape index (κ3) is 5.33. The Labute approximate surface area is 230 Å². The summed E-state index contributed by atoms with van der Waals surface area (Å²) in [6.45, 7) is 0. The molecule has 2 heterocycles. The van der Waals surface area contributed by atoms with Gasteiger partial charge in [0.25, 0.3) is 11.8 Å². The number of carbonyl (C=O) groups is 2. The van der Waals surface area contributed by atoms with Gasteiger partial charge in [-0.05, 0) is 42.5 Å². The highest BCUT2D eigenvalue weighted by molar-refractivity contribution is 6.31. The Bertz CT molecular complexity index is 1740. The van der Waals surface area contributed by atoms with Crippen molar-refractivity contribution in [2.75, 3.05) is 5.32 Å². The molecule has 0 bridgehead atoms. The van der Waals surface area contributed by atoms with Gasteiger partial charge in [0.1, 0.15) is 11.6 Å². The van der Waals surface area contributed by atoms with Gasteiger partial charge in [-0.1, -0.05) is 11.6 Å². The first-order valence-corrected chi connectivity index (χ1v) is 12.1. The lowest BCUT2D eigenvalue weighted by molar-refractivity contribution is -0.137. The molecule has 5 nitrogen and oxygen atoms in total. The van der Waals surface area contributed by atoms with Crippen LogP contribution in [0.3, 0.4) is 0 Å². The van der Waals surface area contributed by atoms with Gasteiger partial charge in [-0.3, -0.25) is 9.59 Å². The van der Waals surface area contributed by atoms with Crippen LogP contribution < -0.4 is 10.6 Å². The summed E-state index contributed by atoms with van der Waals surface area (Å²) < 4.78 is 109. The first-order chi connectivity index (χ1) is 19.0. The summed E-state index contributed by atoms with van der Waals surface area (Å²) in [6.07, 6.45) is -9.75. The number of benzene rings is 3. The Balaban J connectivity index is 1.73. The van der Waals surface area contributed by atoms with E-state index in [9.17, 15) is 44.7 Å². The van der Waals surface area contributed by atoms with E-state index in [1.54, 1.807) is 0 Å². The maximum Gasteiger partial charge on any atom is 0.416 e. The van der Waals surface area contributed by atoms with Crippen molar-refractivity contribution in [2.45, 2.75) is 24.8 Å². The van der Waals surface area contributed by atoms with Crippen molar-refractivity contribution in [1.29, 1.82) is 0 Å². The topological polar surface area (TPSA) is 63.1 Å². The van der Waals surface area contributed by atoms with Gasteiger partial charge in [0, 0.05) is 57.1 Å². The number of nitrogens with zero attached hydrogens (tertiary/aromatic N) is 1. The molecule has 0 saturated heterocycles. The van der Waals surface area contributed by atoms with Crippen LogP contribution in [-0.4, -0.2) is 22.6 Å². The van der Waals surface area contributed by atoms with Crippen LogP contribution in [0.2, 0.25) is 5.02 Å². The van der Waals surface area contributed by atoms with E-state index in [1.807, 2.05) is 0 Å². The number of alkyl halides is 6. The Morgan fingerprint density at radius 3 is 2.37 bits per heavy atom. The second kappa shape index (κ2) is 9.75. The van der Waals surface area contributed by atoms with Gasteiger partial charge in [-0.25, -0.2) is 8.78 Å². The van der Waals surface area contributed by atoms with Gasteiger partial charge in [0.05, 0.1) is 23.6 Å². The summed E-state index contributed by atoms with van der Waals surface area (Å²) in [6, 6.07) is 4.35. The molecule has 0 fully saturated rings. The van der Waals surface area contributed by atoms with Gasteiger partial charge < -0.3 is 15.2 Å². The number of aromatic nitrogens is 1. The number of carbonyl (C=O) groups excluding carboxylic acids is 2. The number of hydrogen-bond donors (Lipinski definition) is 2. The lowest BCUT2D eigenvalue weighted by Crippen LogP contribution is -2.21. The molecule has 5 rings (SSSR count). The van der Waals surface area contributed by atoms with Crippen LogP contribution in [0.4, 0.5) is 40.8 Å². The van der Waals surface area contributed by atoms with E-state index in [0.29, 0.717) is 12.1 Å². The fraction of sp³-hybridized carbons (Fsp3) is 0.185. The number of amides is 2. The van der Waals surface area contributed by atoms with E-state index in [-0.39, 0.29) is 49.9 Å². The van der Waals surface area contributed by atoms with Crippen LogP contribution in [0, 0.1) is 11.6 Å². The van der Waals surface area contributed by atoms with E-state index in [0.717, 1.165) is 22.8 Å². The van der Waals surface area contributed by atoms with Crippen molar-refractivity contribution in [2.24, 2.45) is 7.05 Å². The van der Waals surface area contributed by atoms with Crippen molar-refractivity contribution in [3.8, 4) is 0 Å². The number of nitrogens with one attached hydrogen (secondary N) is 2. The van der Waals surface area contributed by atoms with Crippen LogP contribution in [-0.2, 0) is 19.6 Å². The SMILES string of the molecule is Cn1cc2c3c(c(NC(=O)c4cc(F)cc(C(F)(F)F)c4)cc2c1CC(F)(F)F)C(c1cc(F)ccc1Cl)NC3=O. The molecule has 2 amide bonds. The predicted octanol–water partition coefficient (Wildman–Crippen LogP) is 7.32. The summed E-state index contributed by atoms with van der Waals surface area (Å²) in [4.78, 5) is 26.3. The van der Waals surface area contributed by atoms with E-state index in [1.165, 1.54) is 19.3 Å². The lowest BCUT2D eigenvalue weighted by atomic mass is 9.92. The normalized spacial score (nSPS) is 15.3. The number of hydrogen-bond acceptors (Lipinski definition) is 2. The second-order valence-corrected chi connectivity index (χ2v) is 9.81. The van der Waals surface area contributed by atoms with Gasteiger partial charge in [-0.15, -0.1) is 0 Å². The number of anilines is 1. The smallest absolute Gasteiger partial charge is 0.353 e. The maximum absolute atomic E-state index is 14.2. The van der Waals surface area contributed by atoms with Crippen LogP contribution in [0.5, 0.6) is 0 Å². The molecule has 4 aromatic rings. The minimum absolute atomic E-state index is 0.00713. The minimum atomic E-state index is -4.98. The van der Waals surface area contributed by atoms with Crippen molar-refractivity contribution >= 4 is 39.9 Å². The fourth-order valence-corrected chi connectivity index (χ4v) is 5.16. The quantitative estimate of drug-likeness (QED) is 0.241. The molecular weight excluding hydrogens is 586 g/mol. The molecular formula is C27H16ClF8N3O2. The summed E-state index contributed by atoms with van der Waals surface area (Å²) in [5.41, 5.74) is -2.84. The van der Waals surface area contributed by atoms with E-state index >= 15 is 0 Å². The van der Waals surface area contributed by atoms with Crippen molar-refractivity contribution in [3.63, 3.8) is 0 Å². The van der Waals surface area contributed by atoms with Crippen molar-refractivity contribution in [1.82, 2.24) is 9.88 Å². The largest absolute Gasteiger partial charge is 0.416 e. The molecule has 41 heavy (non-hydrogen) atoms. The molecule has 214 valence electrons. The summed E-state index contributed by atoms with van der Waals surface area (Å²) >= 11 is 6.26. The van der Waals surface area contributed by atoms with Crippen LogP contribution in [0.1, 0.15) is 49.1 Å². The molecule has 0 aliphatic carbocycles. The van der Waals surface area contributed by atoms with Crippen LogP contribution in [0.15, 0.2) is 48.7 Å². The zero-order chi connectivity index (χ0) is 30.0.